The standard InChI is InChI=1S/C13H23NO6/c1-5-8-18-12(17)14-10(11(15)16)7-6-9-19-20-13(2,3)4/h5,10H,1,6-9H2,2-4H3,(H,14,17)(H,15,16). The van der Waals surface area contributed by atoms with Gasteiger partial charge in [-0.05, 0) is 33.6 Å². The lowest BCUT2D eigenvalue weighted by Crippen LogP contribution is -2.41. The molecule has 0 fully saturated rings. The van der Waals surface area contributed by atoms with Crippen molar-refractivity contribution in [2.24, 2.45) is 0 Å². The van der Waals surface area contributed by atoms with Gasteiger partial charge in [0.25, 0.3) is 0 Å². The van der Waals surface area contributed by atoms with Crippen molar-refractivity contribution in [3.05, 3.63) is 12.7 Å². The maximum atomic E-state index is 11.2. The van der Waals surface area contributed by atoms with Gasteiger partial charge in [0.15, 0.2) is 0 Å². The quantitative estimate of drug-likeness (QED) is 0.291. The highest BCUT2D eigenvalue weighted by Crippen LogP contribution is 2.08. The van der Waals surface area contributed by atoms with Gasteiger partial charge in [-0.1, -0.05) is 12.7 Å². The highest BCUT2D eigenvalue weighted by atomic mass is 17.2. The van der Waals surface area contributed by atoms with Crippen LogP contribution in [0.3, 0.4) is 0 Å². The largest absolute Gasteiger partial charge is 0.480 e. The number of carboxylic acid groups (broad SMARTS) is 1. The fraction of sp³-hybridized carbons (Fsp3) is 0.692. The van der Waals surface area contributed by atoms with Crippen molar-refractivity contribution < 1.29 is 29.2 Å². The van der Waals surface area contributed by atoms with Crippen molar-refractivity contribution in [3.63, 3.8) is 0 Å². The number of carbonyl (C=O) groups excluding carboxylic acids is 1. The van der Waals surface area contributed by atoms with Gasteiger partial charge in [-0.25, -0.2) is 19.4 Å². The van der Waals surface area contributed by atoms with Gasteiger partial charge in [-0.2, -0.15) is 0 Å². The first kappa shape index (κ1) is 18.4. The van der Waals surface area contributed by atoms with Crippen LogP contribution < -0.4 is 5.32 Å². The first-order chi connectivity index (χ1) is 9.26. The Labute approximate surface area is 118 Å². The summed E-state index contributed by atoms with van der Waals surface area (Å²) in [5, 5.41) is 11.2. The molecule has 0 spiro atoms. The van der Waals surface area contributed by atoms with E-state index in [-0.39, 0.29) is 19.6 Å². The monoisotopic (exact) mass is 289 g/mol. The number of hydrogen-bond donors (Lipinski definition) is 2. The van der Waals surface area contributed by atoms with Gasteiger partial charge in [-0.3, -0.25) is 0 Å². The molecule has 116 valence electrons. The third-order valence-electron chi connectivity index (χ3n) is 1.95. The van der Waals surface area contributed by atoms with E-state index in [4.69, 9.17) is 14.9 Å². The molecule has 20 heavy (non-hydrogen) atoms. The number of aliphatic carboxylic acids is 1. The first-order valence-electron chi connectivity index (χ1n) is 6.34. The van der Waals surface area contributed by atoms with Crippen LogP contribution >= 0.6 is 0 Å². The molecule has 0 saturated heterocycles. The summed E-state index contributed by atoms with van der Waals surface area (Å²) in [6.45, 7) is 9.17. The fourth-order valence-corrected chi connectivity index (χ4v) is 1.14. The zero-order valence-corrected chi connectivity index (χ0v) is 12.2. The Morgan fingerprint density at radius 2 is 2.05 bits per heavy atom. The van der Waals surface area contributed by atoms with E-state index in [0.29, 0.717) is 6.42 Å². The van der Waals surface area contributed by atoms with Crippen LogP contribution in [0.15, 0.2) is 12.7 Å². The lowest BCUT2D eigenvalue weighted by molar-refractivity contribution is -0.348. The number of ether oxygens (including phenoxy) is 1. The number of amides is 1. The molecule has 7 nitrogen and oxygen atoms in total. The average Bonchev–Trinajstić information content (AvgIpc) is 2.32. The zero-order chi connectivity index (χ0) is 15.6. The summed E-state index contributed by atoms with van der Waals surface area (Å²) in [7, 11) is 0. The number of rotatable bonds is 9. The van der Waals surface area contributed by atoms with E-state index in [1.54, 1.807) is 0 Å². The second kappa shape index (κ2) is 9.33. The Balaban J connectivity index is 3.95. The predicted octanol–water partition coefficient (Wildman–Crippen LogP) is 1.88. The number of carboxylic acids is 1. The van der Waals surface area contributed by atoms with E-state index in [0.717, 1.165) is 0 Å². The molecule has 0 radical (unpaired) electrons. The normalized spacial score (nSPS) is 12.6. The molecule has 1 unspecified atom stereocenters. The zero-order valence-electron chi connectivity index (χ0n) is 12.2. The Kier molecular flexibility index (Phi) is 8.58. The molecule has 0 bridgehead atoms. The Bertz CT molecular complexity index is 323. The topological polar surface area (TPSA) is 94.1 Å². The molecule has 0 aromatic heterocycles. The van der Waals surface area contributed by atoms with Crippen molar-refractivity contribution in [2.45, 2.75) is 45.3 Å². The van der Waals surface area contributed by atoms with Crippen molar-refractivity contribution in [1.29, 1.82) is 0 Å². The van der Waals surface area contributed by atoms with Crippen molar-refractivity contribution in [1.82, 2.24) is 5.32 Å². The molecule has 2 N–H and O–H groups in total. The highest BCUT2D eigenvalue weighted by Gasteiger charge is 2.20. The molecule has 1 amide bonds. The number of carbonyl (C=O) groups is 2. The third kappa shape index (κ3) is 10.3. The smallest absolute Gasteiger partial charge is 0.408 e. The molecule has 0 aliphatic heterocycles. The van der Waals surface area contributed by atoms with Crippen LogP contribution in [0, 0.1) is 0 Å². The summed E-state index contributed by atoms with van der Waals surface area (Å²) >= 11 is 0. The number of alkyl carbamates (subject to hydrolysis) is 1. The molecule has 0 saturated carbocycles. The summed E-state index contributed by atoms with van der Waals surface area (Å²) in [6.07, 6.45) is 1.25. The van der Waals surface area contributed by atoms with Gasteiger partial charge in [0.05, 0.1) is 12.2 Å². The van der Waals surface area contributed by atoms with Gasteiger partial charge >= 0.3 is 12.1 Å². The van der Waals surface area contributed by atoms with E-state index >= 15 is 0 Å². The van der Waals surface area contributed by atoms with Crippen LogP contribution in [0.5, 0.6) is 0 Å². The highest BCUT2D eigenvalue weighted by molar-refractivity contribution is 5.79. The summed E-state index contributed by atoms with van der Waals surface area (Å²) in [4.78, 5) is 32.2. The molecule has 0 aliphatic rings. The lowest BCUT2D eigenvalue weighted by atomic mass is 10.1. The van der Waals surface area contributed by atoms with Crippen LogP contribution in [0.1, 0.15) is 33.6 Å². The second-order valence-electron chi connectivity index (χ2n) is 5.08. The molecule has 0 aromatic rings. The van der Waals surface area contributed by atoms with Gasteiger partial charge in [-0.15, -0.1) is 0 Å². The Morgan fingerprint density at radius 1 is 1.40 bits per heavy atom. The summed E-state index contributed by atoms with van der Waals surface area (Å²) in [5.74, 6) is -1.13. The molecule has 0 aromatic carbocycles. The lowest BCUT2D eigenvalue weighted by Gasteiger charge is -2.18. The number of hydrogen-bond acceptors (Lipinski definition) is 5. The van der Waals surface area contributed by atoms with Gasteiger partial charge < -0.3 is 15.2 Å². The van der Waals surface area contributed by atoms with E-state index in [9.17, 15) is 9.59 Å². The minimum atomic E-state index is -1.13. The van der Waals surface area contributed by atoms with Gasteiger partial charge in [0.1, 0.15) is 12.6 Å². The minimum Gasteiger partial charge on any atom is -0.480 e. The summed E-state index contributed by atoms with van der Waals surface area (Å²) < 4.78 is 4.66. The SMILES string of the molecule is C=CCOC(=O)NC(CCCOOC(C)(C)C)C(=O)O. The summed E-state index contributed by atoms with van der Waals surface area (Å²) in [5.41, 5.74) is -0.418. The molecule has 0 rings (SSSR count). The molecular formula is C13H23NO6. The van der Waals surface area contributed by atoms with Gasteiger partial charge in [0.2, 0.25) is 0 Å². The van der Waals surface area contributed by atoms with E-state index in [2.05, 4.69) is 16.6 Å². The van der Waals surface area contributed by atoms with Crippen LogP contribution in [0.25, 0.3) is 0 Å². The Hall–Kier alpha value is -1.60. The third-order valence-corrected chi connectivity index (χ3v) is 1.95. The molecule has 0 aliphatic carbocycles. The fourth-order valence-electron chi connectivity index (χ4n) is 1.14. The van der Waals surface area contributed by atoms with Crippen LogP contribution in [0.2, 0.25) is 0 Å². The van der Waals surface area contributed by atoms with Crippen molar-refractivity contribution in [3.8, 4) is 0 Å². The van der Waals surface area contributed by atoms with Crippen molar-refractivity contribution >= 4 is 12.1 Å². The molecule has 0 heterocycles. The van der Waals surface area contributed by atoms with Crippen molar-refractivity contribution in [2.75, 3.05) is 13.2 Å². The van der Waals surface area contributed by atoms with E-state index in [1.165, 1.54) is 6.08 Å². The Morgan fingerprint density at radius 3 is 2.55 bits per heavy atom. The van der Waals surface area contributed by atoms with Crippen LogP contribution in [0.4, 0.5) is 4.79 Å². The molecular weight excluding hydrogens is 266 g/mol. The minimum absolute atomic E-state index is 0.0285. The maximum Gasteiger partial charge on any atom is 0.408 e. The van der Waals surface area contributed by atoms with Crippen LogP contribution in [-0.4, -0.2) is 42.0 Å². The van der Waals surface area contributed by atoms with E-state index in [1.807, 2.05) is 20.8 Å². The molecule has 1 atom stereocenters. The number of nitrogens with one attached hydrogen (secondary N) is 1. The second-order valence-corrected chi connectivity index (χ2v) is 5.08. The molecule has 7 heteroatoms. The maximum absolute atomic E-state index is 11.2. The summed E-state index contributed by atoms with van der Waals surface area (Å²) in [6, 6.07) is -1.02. The van der Waals surface area contributed by atoms with Gasteiger partial charge in [0, 0.05) is 0 Å². The van der Waals surface area contributed by atoms with Crippen LogP contribution in [-0.2, 0) is 19.3 Å². The average molecular weight is 289 g/mol. The van der Waals surface area contributed by atoms with E-state index < -0.39 is 23.7 Å². The first-order valence-corrected chi connectivity index (χ1v) is 6.34. The predicted molar refractivity (Wildman–Crippen MR) is 72.1 cm³/mol.